The van der Waals surface area contributed by atoms with Crippen molar-refractivity contribution in [3.05, 3.63) is 83.9 Å². The van der Waals surface area contributed by atoms with Gasteiger partial charge in [0.1, 0.15) is 0 Å². The highest BCUT2D eigenvalue weighted by Gasteiger charge is 2.12. The normalized spacial score (nSPS) is 10.4. The standard InChI is InChI=1S/C21H22N4O/c1-3-25(19-9-6-7-16(2)11-19)20-12-17(13-22-15-20)21(26)24-14-18-8-4-5-10-23-18/h4-13,15H,3,14H2,1-2H3,(H,24,26). The molecule has 0 unspecified atom stereocenters. The zero-order valence-corrected chi connectivity index (χ0v) is 15.0. The summed E-state index contributed by atoms with van der Waals surface area (Å²) in [7, 11) is 0. The van der Waals surface area contributed by atoms with Gasteiger partial charge in [0, 0.05) is 24.6 Å². The van der Waals surface area contributed by atoms with Gasteiger partial charge in [-0.25, -0.2) is 0 Å². The molecule has 1 amide bonds. The molecule has 0 aliphatic heterocycles. The minimum absolute atomic E-state index is 0.162. The lowest BCUT2D eigenvalue weighted by Gasteiger charge is -2.23. The van der Waals surface area contributed by atoms with Crippen LogP contribution in [0.5, 0.6) is 0 Å². The molecule has 0 radical (unpaired) electrons. The number of hydrogen-bond donors (Lipinski definition) is 1. The molecule has 0 saturated heterocycles. The summed E-state index contributed by atoms with van der Waals surface area (Å²) in [5.74, 6) is -0.162. The number of anilines is 2. The molecular weight excluding hydrogens is 324 g/mol. The number of aryl methyl sites for hydroxylation is 1. The summed E-state index contributed by atoms with van der Waals surface area (Å²) >= 11 is 0. The van der Waals surface area contributed by atoms with Crippen LogP contribution in [-0.2, 0) is 6.54 Å². The Bertz CT molecular complexity index is 880. The highest BCUT2D eigenvalue weighted by atomic mass is 16.1. The fourth-order valence-corrected chi connectivity index (χ4v) is 2.79. The largest absolute Gasteiger partial charge is 0.346 e. The Morgan fingerprint density at radius 1 is 1.08 bits per heavy atom. The zero-order chi connectivity index (χ0) is 18.4. The van der Waals surface area contributed by atoms with Crippen molar-refractivity contribution < 1.29 is 4.79 Å². The smallest absolute Gasteiger partial charge is 0.253 e. The maximum atomic E-state index is 12.5. The van der Waals surface area contributed by atoms with Gasteiger partial charge in [-0.15, -0.1) is 0 Å². The fraction of sp³-hybridized carbons (Fsp3) is 0.190. The maximum absolute atomic E-state index is 12.5. The molecule has 3 aromatic rings. The summed E-state index contributed by atoms with van der Waals surface area (Å²) in [6.45, 7) is 5.32. The minimum atomic E-state index is -0.162. The van der Waals surface area contributed by atoms with Crippen LogP contribution >= 0.6 is 0 Å². The Balaban J connectivity index is 1.77. The highest BCUT2D eigenvalue weighted by Crippen LogP contribution is 2.25. The number of amides is 1. The predicted molar refractivity (Wildman–Crippen MR) is 104 cm³/mol. The van der Waals surface area contributed by atoms with Crippen molar-refractivity contribution >= 4 is 17.3 Å². The van der Waals surface area contributed by atoms with E-state index in [1.54, 1.807) is 18.6 Å². The molecule has 5 heteroatoms. The number of carbonyl (C=O) groups excluding carboxylic acids is 1. The van der Waals surface area contributed by atoms with Gasteiger partial charge >= 0.3 is 0 Å². The number of carbonyl (C=O) groups is 1. The number of hydrogen-bond acceptors (Lipinski definition) is 4. The number of pyridine rings is 2. The van der Waals surface area contributed by atoms with Gasteiger partial charge in [-0.05, 0) is 49.7 Å². The minimum Gasteiger partial charge on any atom is -0.346 e. The van der Waals surface area contributed by atoms with Crippen LogP contribution in [0.1, 0.15) is 28.5 Å². The molecule has 26 heavy (non-hydrogen) atoms. The average molecular weight is 346 g/mol. The summed E-state index contributed by atoms with van der Waals surface area (Å²) in [5.41, 5.74) is 4.52. The first-order valence-electron chi connectivity index (χ1n) is 8.64. The molecule has 0 saturated carbocycles. The van der Waals surface area contributed by atoms with Gasteiger partial charge in [-0.3, -0.25) is 14.8 Å². The molecule has 132 valence electrons. The number of rotatable bonds is 6. The Hall–Kier alpha value is -3.21. The van der Waals surface area contributed by atoms with Crippen molar-refractivity contribution in [1.82, 2.24) is 15.3 Å². The van der Waals surface area contributed by atoms with Gasteiger partial charge in [0.2, 0.25) is 0 Å². The number of aromatic nitrogens is 2. The third-order valence-corrected chi connectivity index (χ3v) is 4.08. The lowest BCUT2D eigenvalue weighted by molar-refractivity contribution is 0.0950. The second kappa shape index (κ2) is 8.25. The molecule has 0 aliphatic carbocycles. The van der Waals surface area contributed by atoms with E-state index < -0.39 is 0 Å². The van der Waals surface area contributed by atoms with Crippen molar-refractivity contribution in [2.24, 2.45) is 0 Å². The average Bonchev–Trinajstić information content (AvgIpc) is 2.68. The Labute approximate surface area is 153 Å². The maximum Gasteiger partial charge on any atom is 0.253 e. The molecule has 0 spiro atoms. The van der Waals surface area contributed by atoms with Crippen LogP contribution in [0.4, 0.5) is 11.4 Å². The van der Waals surface area contributed by atoms with Crippen molar-refractivity contribution in [2.75, 3.05) is 11.4 Å². The summed E-state index contributed by atoms with van der Waals surface area (Å²) in [6.07, 6.45) is 5.08. The van der Waals surface area contributed by atoms with Crippen LogP contribution in [0, 0.1) is 6.92 Å². The van der Waals surface area contributed by atoms with E-state index in [-0.39, 0.29) is 5.91 Å². The Morgan fingerprint density at radius 3 is 2.69 bits per heavy atom. The van der Waals surface area contributed by atoms with E-state index in [2.05, 4.69) is 52.2 Å². The van der Waals surface area contributed by atoms with Crippen molar-refractivity contribution in [3.63, 3.8) is 0 Å². The first kappa shape index (κ1) is 17.6. The van der Waals surface area contributed by atoms with Gasteiger partial charge in [0.15, 0.2) is 0 Å². The van der Waals surface area contributed by atoms with Crippen LogP contribution in [0.15, 0.2) is 67.1 Å². The first-order chi connectivity index (χ1) is 12.7. The summed E-state index contributed by atoms with van der Waals surface area (Å²) < 4.78 is 0. The molecule has 0 fully saturated rings. The van der Waals surface area contributed by atoms with Gasteiger partial charge in [0.05, 0.1) is 29.7 Å². The summed E-state index contributed by atoms with van der Waals surface area (Å²) in [6, 6.07) is 15.8. The zero-order valence-electron chi connectivity index (χ0n) is 15.0. The van der Waals surface area contributed by atoms with E-state index in [4.69, 9.17) is 0 Å². The van der Waals surface area contributed by atoms with Crippen molar-refractivity contribution in [3.8, 4) is 0 Å². The molecule has 0 aliphatic rings. The molecule has 2 aromatic heterocycles. The second-order valence-electron chi connectivity index (χ2n) is 6.02. The second-order valence-corrected chi connectivity index (χ2v) is 6.02. The lowest BCUT2D eigenvalue weighted by Crippen LogP contribution is -2.24. The van der Waals surface area contributed by atoms with Crippen LogP contribution in [0.3, 0.4) is 0 Å². The summed E-state index contributed by atoms with van der Waals surface area (Å²) in [4.78, 5) is 23.1. The first-order valence-corrected chi connectivity index (χ1v) is 8.64. The fourth-order valence-electron chi connectivity index (χ4n) is 2.79. The van der Waals surface area contributed by atoms with Gasteiger partial charge in [-0.1, -0.05) is 18.2 Å². The third kappa shape index (κ3) is 4.25. The van der Waals surface area contributed by atoms with E-state index in [0.717, 1.165) is 23.6 Å². The van der Waals surface area contributed by atoms with Gasteiger partial charge in [0.25, 0.3) is 5.91 Å². The Kier molecular flexibility index (Phi) is 5.59. The third-order valence-electron chi connectivity index (χ3n) is 4.08. The molecule has 0 atom stereocenters. The molecule has 0 bridgehead atoms. The van der Waals surface area contributed by atoms with Gasteiger partial charge in [-0.2, -0.15) is 0 Å². The monoisotopic (exact) mass is 346 g/mol. The van der Waals surface area contributed by atoms with E-state index in [1.807, 2.05) is 30.3 Å². The predicted octanol–water partition coefficient (Wildman–Crippen LogP) is 3.87. The number of benzene rings is 1. The van der Waals surface area contributed by atoms with E-state index in [9.17, 15) is 4.79 Å². The molecule has 1 N–H and O–H groups in total. The lowest BCUT2D eigenvalue weighted by atomic mass is 10.2. The van der Waals surface area contributed by atoms with Crippen LogP contribution in [-0.4, -0.2) is 22.4 Å². The molecule has 1 aromatic carbocycles. The topological polar surface area (TPSA) is 58.1 Å². The highest BCUT2D eigenvalue weighted by molar-refractivity contribution is 5.94. The van der Waals surface area contributed by atoms with Crippen LogP contribution in [0.25, 0.3) is 0 Å². The quantitative estimate of drug-likeness (QED) is 0.736. The molecule has 5 nitrogen and oxygen atoms in total. The van der Waals surface area contributed by atoms with Crippen molar-refractivity contribution in [2.45, 2.75) is 20.4 Å². The Morgan fingerprint density at radius 2 is 1.96 bits per heavy atom. The SMILES string of the molecule is CCN(c1cccc(C)c1)c1cncc(C(=O)NCc2ccccn2)c1. The van der Waals surface area contributed by atoms with Crippen molar-refractivity contribution in [1.29, 1.82) is 0 Å². The summed E-state index contributed by atoms with van der Waals surface area (Å²) in [5, 5.41) is 2.89. The molecule has 2 heterocycles. The van der Waals surface area contributed by atoms with Crippen LogP contribution < -0.4 is 10.2 Å². The van der Waals surface area contributed by atoms with Crippen LogP contribution in [0.2, 0.25) is 0 Å². The molecular formula is C21H22N4O. The molecule has 3 rings (SSSR count). The van der Waals surface area contributed by atoms with E-state index >= 15 is 0 Å². The van der Waals surface area contributed by atoms with E-state index in [1.165, 1.54) is 5.56 Å². The van der Waals surface area contributed by atoms with E-state index in [0.29, 0.717) is 12.1 Å². The van der Waals surface area contributed by atoms with Gasteiger partial charge < -0.3 is 10.2 Å². The number of nitrogens with one attached hydrogen (secondary N) is 1. The number of nitrogens with zero attached hydrogens (tertiary/aromatic N) is 3.